The molecule has 31 heavy (non-hydrogen) atoms. The fourth-order valence-corrected chi connectivity index (χ4v) is 5.34. The molecule has 0 aliphatic carbocycles. The highest BCUT2D eigenvalue weighted by Crippen LogP contribution is 2.41. The monoisotopic (exact) mass is 420 g/mol. The lowest BCUT2D eigenvalue weighted by Crippen LogP contribution is -2.66. The summed E-state index contributed by atoms with van der Waals surface area (Å²) in [6, 6.07) is 1.88. The second kappa shape index (κ2) is 7.26. The summed E-state index contributed by atoms with van der Waals surface area (Å²) in [5, 5.41) is 12.5. The quantitative estimate of drug-likeness (QED) is 0.667. The summed E-state index contributed by atoms with van der Waals surface area (Å²) >= 11 is 0. The average Bonchev–Trinajstić information content (AvgIpc) is 3.27. The molecule has 5 heterocycles. The zero-order valence-corrected chi connectivity index (χ0v) is 18.2. The van der Waals surface area contributed by atoms with Gasteiger partial charge in [0, 0.05) is 48.8 Å². The Bertz CT molecular complexity index is 1110. The molecular formula is C22H28N8O. The molecule has 2 bridgehead atoms. The predicted octanol–water partition coefficient (Wildman–Crippen LogP) is 2.30. The fraction of sp³-hybridized carbons (Fsp3) is 0.500. The molecule has 2 saturated heterocycles. The number of rotatable bonds is 4. The van der Waals surface area contributed by atoms with Gasteiger partial charge in [0.1, 0.15) is 12.1 Å². The number of pyridine rings is 1. The van der Waals surface area contributed by atoms with Crippen LogP contribution in [0.4, 0.5) is 5.82 Å². The number of hydrogen-bond acceptors (Lipinski definition) is 7. The van der Waals surface area contributed by atoms with Gasteiger partial charge in [-0.2, -0.15) is 0 Å². The highest BCUT2D eigenvalue weighted by molar-refractivity contribution is 5.54. The van der Waals surface area contributed by atoms with E-state index in [0.29, 0.717) is 23.2 Å². The van der Waals surface area contributed by atoms with Crippen LogP contribution in [0.25, 0.3) is 17.2 Å². The summed E-state index contributed by atoms with van der Waals surface area (Å²) < 4.78 is 1.73. The van der Waals surface area contributed by atoms with Crippen LogP contribution in [-0.4, -0.2) is 53.9 Å². The molecular weight excluding hydrogens is 392 g/mol. The number of hydrogen-bond donors (Lipinski definition) is 2. The largest absolute Gasteiger partial charge is 0.354 e. The van der Waals surface area contributed by atoms with E-state index in [0.717, 1.165) is 18.7 Å². The molecule has 162 valence electrons. The number of nitrogens with one attached hydrogen (secondary N) is 2. The Kier molecular flexibility index (Phi) is 4.65. The molecule has 0 saturated carbocycles. The molecule has 9 heteroatoms. The molecule has 3 atom stereocenters. The van der Waals surface area contributed by atoms with Gasteiger partial charge in [-0.15, -0.1) is 10.2 Å². The number of aromatic amines is 1. The van der Waals surface area contributed by atoms with Gasteiger partial charge in [0.2, 0.25) is 0 Å². The van der Waals surface area contributed by atoms with Crippen LogP contribution in [0.5, 0.6) is 0 Å². The van der Waals surface area contributed by atoms with Crippen molar-refractivity contribution in [1.29, 1.82) is 0 Å². The Morgan fingerprint density at radius 1 is 1.19 bits per heavy atom. The third-order valence-electron chi connectivity index (χ3n) is 6.81. The number of H-pyrrole nitrogens is 1. The Balaban J connectivity index is 1.36. The van der Waals surface area contributed by atoms with E-state index in [9.17, 15) is 4.79 Å². The first-order chi connectivity index (χ1) is 14.8. The van der Waals surface area contributed by atoms with E-state index in [4.69, 9.17) is 0 Å². The van der Waals surface area contributed by atoms with Crippen molar-refractivity contribution < 1.29 is 0 Å². The van der Waals surface area contributed by atoms with Gasteiger partial charge in [-0.05, 0) is 46.0 Å². The Labute approximate surface area is 181 Å². The molecule has 3 aromatic heterocycles. The summed E-state index contributed by atoms with van der Waals surface area (Å²) in [7, 11) is 2.07. The van der Waals surface area contributed by atoms with Crippen molar-refractivity contribution in [2.75, 3.05) is 11.9 Å². The number of nitrogens with zero attached hydrogens (tertiary/aromatic N) is 6. The second-order valence-electron chi connectivity index (χ2n) is 9.48. The van der Waals surface area contributed by atoms with Gasteiger partial charge in [0.05, 0.1) is 11.8 Å². The minimum absolute atomic E-state index is 0.162. The maximum Gasteiger partial charge on any atom is 0.194 e. The average molecular weight is 421 g/mol. The van der Waals surface area contributed by atoms with E-state index in [1.54, 1.807) is 35.7 Å². The molecule has 3 aromatic rings. The smallest absolute Gasteiger partial charge is 0.194 e. The maximum absolute atomic E-state index is 12.6. The standard InChI is InChI=1S/C22H28N8O/c1-21-5-4-6-22(2,28-21)11-15(10-21)29(3)19-13-25-20(27-26-19)16-12-24-18(9-17(16)31)30-8-7-23-14-30/h7-9,12-15,28H,4-6,10-11H2,1-3H3,(H,24,31)/t15?,21-,22+. The highest BCUT2D eigenvalue weighted by Gasteiger charge is 2.46. The Morgan fingerprint density at radius 3 is 2.58 bits per heavy atom. The van der Waals surface area contributed by atoms with Gasteiger partial charge in [0.15, 0.2) is 17.1 Å². The van der Waals surface area contributed by atoms with Crippen molar-refractivity contribution in [2.45, 2.75) is 63.1 Å². The van der Waals surface area contributed by atoms with Gasteiger partial charge < -0.3 is 15.2 Å². The molecule has 2 aliphatic heterocycles. The normalized spacial score (nSPS) is 27.8. The van der Waals surface area contributed by atoms with E-state index >= 15 is 0 Å². The van der Waals surface area contributed by atoms with Crippen molar-refractivity contribution in [3.05, 3.63) is 47.4 Å². The predicted molar refractivity (Wildman–Crippen MR) is 118 cm³/mol. The summed E-state index contributed by atoms with van der Waals surface area (Å²) in [6.07, 6.45) is 14.2. The van der Waals surface area contributed by atoms with Crippen LogP contribution in [0.1, 0.15) is 46.0 Å². The van der Waals surface area contributed by atoms with Crippen LogP contribution in [-0.2, 0) is 0 Å². The van der Waals surface area contributed by atoms with Crippen molar-refractivity contribution in [1.82, 2.24) is 35.0 Å². The van der Waals surface area contributed by atoms with E-state index in [1.165, 1.54) is 25.3 Å². The topological polar surface area (TPSA) is 105 Å². The summed E-state index contributed by atoms with van der Waals surface area (Å²) in [4.78, 5) is 26.3. The molecule has 5 rings (SSSR count). The molecule has 2 fully saturated rings. The van der Waals surface area contributed by atoms with Crippen LogP contribution >= 0.6 is 0 Å². The molecule has 0 aromatic carbocycles. The van der Waals surface area contributed by atoms with E-state index in [1.807, 2.05) is 0 Å². The lowest BCUT2D eigenvalue weighted by atomic mass is 9.69. The van der Waals surface area contributed by atoms with Crippen molar-refractivity contribution in [2.24, 2.45) is 0 Å². The Hall–Kier alpha value is -3.07. The molecule has 0 radical (unpaired) electrons. The number of fused-ring (bicyclic) bond motifs is 2. The molecule has 1 unspecified atom stereocenters. The van der Waals surface area contributed by atoms with E-state index in [2.05, 4.69) is 56.3 Å². The highest BCUT2D eigenvalue weighted by atomic mass is 16.1. The van der Waals surface area contributed by atoms with Crippen LogP contribution in [0.15, 0.2) is 42.0 Å². The zero-order valence-electron chi connectivity index (χ0n) is 18.2. The Morgan fingerprint density at radius 2 is 1.97 bits per heavy atom. The minimum atomic E-state index is -0.169. The van der Waals surface area contributed by atoms with Crippen molar-refractivity contribution >= 4 is 5.82 Å². The minimum Gasteiger partial charge on any atom is -0.354 e. The number of imidazole rings is 1. The fourth-order valence-electron chi connectivity index (χ4n) is 5.34. The van der Waals surface area contributed by atoms with Crippen molar-refractivity contribution in [3.8, 4) is 17.2 Å². The first-order valence-corrected chi connectivity index (χ1v) is 10.8. The summed E-state index contributed by atoms with van der Waals surface area (Å²) in [5.41, 5.74) is 0.546. The number of aromatic nitrogens is 6. The first-order valence-electron chi connectivity index (χ1n) is 10.8. The van der Waals surface area contributed by atoms with Crippen LogP contribution in [0.3, 0.4) is 0 Å². The molecule has 0 spiro atoms. The third-order valence-corrected chi connectivity index (χ3v) is 6.81. The summed E-state index contributed by atoms with van der Waals surface area (Å²) in [5.74, 6) is 1.68. The van der Waals surface area contributed by atoms with Gasteiger partial charge in [-0.25, -0.2) is 9.97 Å². The second-order valence-corrected chi connectivity index (χ2v) is 9.48. The zero-order chi connectivity index (χ0) is 21.6. The summed E-state index contributed by atoms with van der Waals surface area (Å²) in [6.45, 7) is 4.66. The van der Waals surface area contributed by atoms with E-state index < -0.39 is 0 Å². The molecule has 9 nitrogen and oxygen atoms in total. The van der Waals surface area contributed by atoms with Gasteiger partial charge >= 0.3 is 0 Å². The first kappa shape index (κ1) is 19.9. The van der Waals surface area contributed by atoms with E-state index in [-0.39, 0.29) is 16.5 Å². The molecule has 2 N–H and O–H groups in total. The third kappa shape index (κ3) is 3.74. The number of anilines is 1. The number of piperidine rings is 2. The lowest BCUT2D eigenvalue weighted by Gasteiger charge is -2.55. The van der Waals surface area contributed by atoms with Crippen molar-refractivity contribution in [3.63, 3.8) is 0 Å². The van der Waals surface area contributed by atoms with Crippen LogP contribution in [0.2, 0.25) is 0 Å². The van der Waals surface area contributed by atoms with Gasteiger partial charge in [-0.1, -0.05) is 0 Å². The molecule has 0 amide bonds. The SMILES string of the molecule is CN(c1cnc(-c2c[nH]c(-n3ccnc3)cc2=O)nn1)C1C[C@]2(C)CCC[C@](C)(C1)N2. The van der Waals surface area contributed by atoms with Crippen LogP contribution < -0.4 is 15.6 Å². The van der Waals surface area contributed by atoms with Crippen LogP contribution in [0, 0.1) is 0 Å². The van der Waals surface area contributed by atoms with Gasteiger partial charge in [0.25, 0.3) is 0 Å². The molecule has 2 aliphatic rings. The maximum atomic E-state index is 12.6. The van der Waals surface area contributed by atoms with Gasteiger partial charge in [-0.3, -0.25) is 9.36 Å². The lowest BCUT2D eigenvalue weighted by molar-refractivity contribution is 0.0784.